The molecule has 0 fully saturated rings. The van der Waals surface area contributed by atoms with Crippen molar-refractivity contribution in [1.82, 2.24) is 4.90 Å². The molecule has 1 aliphatic heterocycles. The Morgan fingerprint density at radius 1 is 1.15 bits per heavy atom. The minimum atomic E-state index is 0.256. The van der Waals surface area contributed by atoms with Crippen LogP contribution in [-0.4, -0.2) is 17.4 Å². The lowest BCUT2D eigenvalue weighted by Gasteiger charge is -2.16. The summed E-state index contributed by atoms with van der Waals surface area (Å²) in [4.78, 5) is 14.4. The van der Waals surface area contributed by atoms with Crippen LogP contribution < -0.4 is 0 Å². The molecule has 0 spiro atoms. The number of nitrogens with zero attached hydrogens (tertiary/aromatic N) is 1. The second kappa shape index (κ2) is 4.51. The molecule has 0 atom stereocenters. The number of amides is 1. The first-order valence-corrected chi connectivity index (χ1v) is 7.27. The summed E-state index contributed by atoms with van der Waals surface area (Å²) in [6.07, 6.45) is 6.19. The summed E-state index contributed by atoms with van der Waals surface area (Å²) in [5.74, 6) is 0.256. The predicted octanol–water partition coefficient (Wildman–Crippen LogP) is 3.65. The number of furan rings is 1. The van der Waals surface area contributed by atoms with Gasteiger partial charge >= 0.3 is 0 Å². The zero-order valence-electron chi connectivity index (χ0n) is 11.4. The summed E-state index contributed by atoms with van der Waals surface area (Å²) in [5, 5.41) is 1.10. The SMILES string of the molecule is O=C1C2=C(CCCC2)CN1Cc1ccc2occc2c1. The van der Waals surface area contributed by atoms with Crippen molar-refractivity contribution < 1.29 is 9.21 Å². The fourth-order valence-corrected chi connectivity index (χ4v) is 3.36. The first-order valence-electron chi connectivity index (χ1n) is 7.27. The van der Waals surface area contributed by atoms with E-state index < -0.39 is 0 Å². The average molecular weight is 267 g/mol. The molecule has 0 radical (unpaired) electrons. The van der Waals surface area contributed by atoms with Crippen molar-refractivity contribution in [1.29, 1.82) is 0 Å². The number of carbonyl (C=O) groups is 1. The number of hydrogen-bond acceptors (Lipinski definition) is 2. The van der Waals surface area contributed by atoms with Gasteiger partial charge in [0.25, 0.3) is 0 Å². The number of benzene rings is 1. The molecule has 3 nitrogen and oxygen atoms in total. The van der Waals surface area contributed by atoms with Crippen LogP contribution in [-0.2, 0) is 11.3 Å². The largest absolute Gasteiger partial charge is 0.464 e. The minimum Gasteiger partial charge on any atom is -0.464 e. The van der Waals surface area contributed by atoms with Crippen molar-refractivity contribution in [3.8, 4) is 0 Å². The molecule has 2 heterocycles. The molecule has 3 heteroatoms. The summed E-state index contributed by atoms with van der Waals surface area (Å²) in [6, 6.07) is 8.12. The van der Waals surface area contributed by atoms with Gasteiger partial charge in [0, 0.05) is 24.0 Å². The van der Waals surface area contributed by atoms with Crippen LogP contribution in [0.1, 0.15) is 31.2 Å². The number of rotatable bonds is 2. The molecule has 0 saturated heterocycles. The maximum atomic E-state index is 12.4. The Hall–Kier alpha value is -2.03. The highest BCUT2D eigenvalue weighted by Crippen LogP contribution is 2.32. The van der Waals surface area contributed by atoms with Gasteiger partial charge in [0.1, 0.15) is 5.58 Å². The van der Waals surface area contributed by atoms with Gasteiger partial charge in [0.15, 0.2) is 0 Å². The van der Waals surface area contributed by atoms with Crippen molar-refractivity contribution in [2.24, 2.45) is 0 Å². The predicted molar refractivity (Wildman–Crippen MR) is 77.1 cm³/mol. The third kappa shape index (κ3) is 1.85. The van der Waals surface area contributed by atoms with E-state index >= 15 is 0 Å². The highest BCUT2D eigenvalue weighted by atomic mass is 16.3. The molecule has 1 aromatic carbocycles. The van der Waals surface area contributed by atoms with E-state index in [0.717, 1.165) is 35.9 Å². The monoisotopic (exact) mass is 267 g/mol. The van der Waals surface area contributed by atoms with Gasteiger partial charge in [-0.2, -0.15) is 0 Å². The summed E-state index contributed by atoms with van der Waals surface area (Å²) in [5.41, 5.74) is 4.55. The summed E-state index contributed by atoms with van der Waals surface area (Å²) in [6.45, 7) is 1.53. The van der Waals surface area contributed by atoms with Crippen LogP contribution in [0.3, 0.4) is 0 Å². The first-order chi connectivity index (χ1) is 9.81. The van der Waals surface area contributed by atoms with Gasteiger partial charge in [0.05, 0.1) is 6.26 Å². The lowest BCUT2D eigenvalue weighted by Crippen LogP contribution is -2.26. The highest BCUT2D eigenvalue weighted by Gasteiger charge is 2.31. The molecule has 0 saturated carbocycles. The Kier molecular flexibility index (Phi) is 2.66. The lowest BCUT2D eigenvalue weighted by molar-refractivity contribution is -0.126. The van der Waals surface area contributed by atoms with Gasteiger partial charge in [-0.25, -0.2) is 0 Å². The zero-order valence-corrected chi connectivity index (χ0v) is 11.4. The molecule has 0 unspecified atom stereocenters. The number of carbonyl (C=O) groups excluding carboxylic acids is 1. The summed E-state index contributed by atoms with van der Waals surface area (Å²) < 4.78 is 5.35. The second-order valence-electron chi connectivity index (χ2n) is 5.74. The molecule has 2 aromatic rings. The maximum absolute atomic E-state index is 12.4. The topological polar surface area (TPSA) is 33.5 Å². The molecule has 0 N–H and O–H groups in total. The van der Waals surface area contributed by atoms with E-state index in [4.69, 9.17) is 4.42 Å². The Bertz CT molecular complexity index is 711. The van der Waals surface area contributed by atoms with E-state index in [1.807, 2.05) is 17.0 Å². The average Bonchev–Trinajstić information content (AvgIpc) is 3.05. The van der Waals surface area contributed by atoms with E-state index in [0.29, 0.717) is 6.54 Å². The molecule has 1 aromatic heterocycles. The van der Waals surface area contributed by atoms with Crippen molar-refractivity contribution in [2.75, 3.05) is 6.54 Å². The quantitative estimate of drug-likeness (QED) is 0.832. The van der Waals surface area contributed by atoms with E-state index in [9.17, 15) is 4.79 Å². The maximum Gasteiger partial charge on any atom is 0.250 e. The van der Waals surface area contributed by atoms with Crippen molar-refractivity contribution in [2.45, 2.75) is 32.2 Å². The van der Waals surface area contributed by atoms with Gasteiger partial charge in [-0.3, -0.25) is 4.79 Å². The molecule has 2 aliphatic rings. The molecule has 102 valence electrons. The van der Waals surface area contributed by atoms with Gasteiger partial charge in [-0.05, 0) is 55.0 Å². The molecule has 20 heavy (non-hydrogen) atoms. The Morgan fingerprint density at radius 3 is 2.95 bits per heavy atom. The molecular formula is C17H17NO2. The van der Waals surface area contributed by atoms with Gasteiger partial charge in [0.2, 0.25) is 5.91 Å². The van der Waals surface area contributed by atoms with E-state index in [2.05, 4.69) is 12.1 Å². The van der Waals surface area contributed by atoms with Crippen LogP contribution in [0.5, 0.6) is 0 Å². The van der Waals surface area contributed by atoms with Crippen molar-refractivity contribution in [3.05, 3.63) is 47.2 Å². The van der Waals surface area contributed by atoms with Crippen LogP contribution in [0.15, 0.2) is 46.1 Å². The second-order valence-corrected chi connectivity index (χ2v) is 5.74. The Balaban J connectivity index is 1.56. The molecule has 1 aliphatic carbocycles. The standard InChI is InChI=1S/C17H17NO2/c19-17-15-4-2-1-3-14(15)11-18(17)10-12-5-6-16-13(9-12)7-8-20-16/h5-9H,1-4,10-11H2. The van der Waals surface area contributed by atoms with E-state index in [-0.39, 0.29) is 5.91 Å². The normalized spacial score (nSPS) is 19.0. The third-order valence-corrected chi connectivity index (χ3v) is 4.40. The van der Waals surface area contributed by atoms with Crippen LogP contribution in [0.2, 0.25) is 0 Å². The lowest BCUT2D eigenvalue weighted by atomic mass is 9.94. The van der Waals surface area contributed by atoms with Crippen molar-refractivity contribution in [3.63, 3.8) is 0 Å². The van der Waals surface area contributed by atoms with E-state index in [1.165, 1.54) is 24.0 Å². The Labute approximate surface area is 117 Å². The van der Waals surface area contributed by atoms with Gasteiger partial charge in [-0.15, -0.1) is 0 Å². The van der Waals surface area contributed by atoms with Crippen LogP contribution in [0.25, 0.3) is 11.0 Å². The first kappa shape index (κ1) is 11.8. The van der Waals surface area contributed by atoms with E-state index in [1.54, 1.807) is 6.26 Å². The van der Waals surface area contributed by atoms with Gasteiger partial charge < -0.3 is 9.32 Å². The fourth-order valence-electron chi connectivity index (χ4n) is 3.36. The fraction of sp³-hybridized carbons (Fsp3) is 0.353. The summed E-state index contributed by atoms with van der Waals surface area (Å²) >= 11 is 0. The summed E-state index contributed by atoms with van der Waals surface area (Å²) in [7, 11) is 0. The zero-order chi connectivity index (χ0) is 13.5. The Morgan fingerprint density at radius 2 is 2.05 bits per heavy atom. The van der Waals surface area contributed by atoms with Crippen molar-refractivity contribution >= 4 is 16.9 Å². The van der Waals surface area contributed by atoms with Crippen LogP contribution in [0, 0.1) is 0 Å². The third-order valence-electron chi connectivity index (χ3n) is 4.40. The minimum absolute atomic E-state index is 0.256. The molecule has 0 bridgehead atoms. The molecule has 1 amide bonds. The number of fused-ring (bicyclic) bond motifs is 1. The van der Waals surface area contributed by atoms with Crippen LogP contribution >= 0.6 is 0 Å². The van der Waals surface area contributed by atoms with Crippen LogP contribution in [0.4, 0.5) is 0 Å². The number of hydrogen-bond donors (Lipinski definition) is 0. The molecule has 4 rings (SSSR count). The highest BCUT2D eigenvalue weighted by molar-refractivity contribution is 5.97. The molecular weight excluding hydrogens is 250 g/mol. The smallest absolute Gasteiger partial charge is 0.250 e. The van der Waals surface area contributed by atoms with Gasteiger partial charge in [-0.1, -0.05) is 6.07 Å².